The molecule has 0 spiro atoms. The maximum Gasteiger partial charge on any atom is 0.140 e. The third-order valence-corrected chi connectivity index (χ3v) is 3.35. The van der Waals surface area contributed by atoms with Crippen LogP contribution in [0.1, 0.15) is 47.4 Å². The SMILES string of the molecule is CC(C)Cn1cnnc1C(C)(C)C(C)(C)N. The Bertz CT molecular complexity index is 344. The summed E-state index contributed by atoms with van der Waals surface area (Å²) in [5.74, 6) is 1.54. The van der Waals surface area contributed by atoms with Crippen molar-refractivity contribution < 1.29 is 0 Å². The zero-order valence-electron chi connectivity index (χ0n) is 11.3. The van der Waals surface area contributed by atoms with Crippen LogP contribution in [0.25, 0.3) is 0 Å². The second-order valence-electron chi connectivity index (χ2n) is 6.05. The van der Waals surface area contributed by atoms with Crippen molar-refractivity contribution in [2.75, 3.05) is 0 Å². The van der Waals surface area contributed by atoms with E-state index in [9.17, 15) is 0 Å². The van der Waals surface area contributed by atoms with Gasteiger partial charge in [-0.15, -0.1) is 10.2 Å². The molecule has 0 bridgehead atoms. The minimum absolute atomic E-state index is 0.196. The van der Waals surface area contributed by atoms with Crippen LogP contribution in [-0.2, 0) is 12.0 Å². The fourth-order valence-corrected chi connectivity index (χ4v) is 1.55. The van der Waals surface area contributed by atoms with Crippen LogP contribution in [-0.4, -0.2) is 20.3 Å². The first-order chi connectivity index (χ1) is 7.16. The lowest BCUT2D eigenvalue weighted by Crippen LogP contribution is -2.51. The summed E-state index contributed by atoms with van der Waals surface area (Å²) in [7, 11) is 0. The third kappa shape index (κ3) is 2.43. The van der Waals surface area contributed by atoms with Gasteiger partial charge < -0.3 is 10.3 Å². The van der Waals surface area contributed by atoms with Crippen LogP contribution in [0.15, 0.2) is 6.33 Å². The zero-order valence-corrected chi connectivity index (χ0v) is 11.3. The molecule has 1 aromatic rings. The Labute approximate surface area is 98.2 Å². The largest absolute Gasteiger partial charge is 0.325 e. The highest BCUT2D eigenvalue weighted by Gasteiger charge is 2.39. The Morgan fingerprint density at radius 3 is 2.31 bits per heavy atom. The van der Waals surface area contributed by atoms with Crippen molar-refractivity contribution >= 4 is 0 Å². The molecule has 0 atom stereocenters. The smallest absolute Gasteiger partial charge is 0.140 e. The molecule has 0 aromatic carbocycles. The lowest BCUT2D eigenvalue weighted by Gasteiger charge is -2.37. The van der Waals surface area contributed by atoms with E-state index in [4.69, 9.17) is 5.73 Å². The molecule has 0 saturated heterocycles. The van der Waals surface area contributed by atoms with Gasteiger partial charge >= 0.3 is 0 Å². The van der Waals surface area contributed by atoms with Crippen LogP contribution in [0.3, 0.4) is 0 Å². The molecule has 0 saturated carbocycles. The lowest BCUT2D eigenvalue weighted by atomic mass is 9.74. The summed E-state index contributed by atoms with van der Waals surface area (Å²) in [6, 6.07) is 0. The van der Waals surface area contributed by atoms with E-state index in [-0.39, 0.29) is 11.0 Å². The maximum absolute atomic E-state index is 6.22. The van der Waals surface area contributed by atoms with Gasteiger partial charge in [-0.3, -0.25) is 0 Å². The van der Waals surface area contributed by atoms with Gasteiger partial charge in [-0.1, -0.05) is 27.7 Å². The monoisotopic (exact) mass is 224 g/mol. The van der Waals surface area contributed by atoms with Gasteiger partial charge in [0.15, 0.2) is 0 Å². The second kappa shape index (κ2) is 4.17. The topological polar surface area (TPSA) is 56.7 Å². The summed E-state index contributed by atoms with van der Waals surface area (Å²) in [6.45, 7) is 13.6. The van der Waals surface area contributed by atoms with Gasteiger partial charge in [-0.2, -0.15) is 0 Å². The van der Waals surface area contributed by atoms with Crippen molar-refractivity contribution in [1.82, 2.24) is 14.8 Å². The predicted octanol–water partition coefficient (Wildman–Crippen LogP) is 1.95. The van der Waals surface area contributed by atoms with Crippen LogP contribution in [0.4, 0.5) is 0 Å². The van der Waals surface area contributed by atoms with Crippen molar-refractivity contribution in [2.24, 2.45) is 11.7 Å². The Balaban J connectivity index is 3.09. The number of hydrogen-bond donors (Lipinski definition) is 1. The molecule has 0 unspecified atom stereocenters. The van der Waals surface area contributed by atoms with Gasteiger partial charge in [0.05, 0.1) is 0 Å². The lowest BCUT2D eigenvalue weighted by molar-refractivity contribution is 0.277. The van der Waals surface area contributed by atoms with E-state index in [1.54, 1.807) is 6.33 Å². The first-order valence-electron chi connectivity index (χ1n) is 5.83. The van der Waals surface area contributed by atoms with Gasteiger partial charge in [0.1, 0.15) is 12.2 Å². The van der Waals surface area contributed by atoms with Crippen LogP contribution in [0.2, 0.25) is 0 Å². The molecule has 2 N–H and O–H groups in total. The number of hydrogen-bond acceptors (Lipinski definition) is 3. The predicted molar refractivity (Wildman–Crippen MR) is 66.2 cm³/mol. The Hall–Kier alpha value is -0.900. The summed E-state index contributed by atoms with van der Waals surface area (Å²) in [6.07, 6.45) is 1.79. The molecule has 1 rings (SSSR count). The van der Waals surface area contributed by atoms with Gasteiger partial charge in [0, 0.05) is 17.5 Å². The standard InChI is InChI=1S/C12H24N4/c1-9(2)7-16-8-14-15-10(16)11(3,4)12(5,6)13/h8-9H,7,13H2,1-6H3. The zero-order chi connectivity index (χ0) is 12.6. The summed E-state index contributed by atoms with van der Waals surface area (Å²) >= 11 is 0. The molecule has 92 valence electrons. The molecular formula is C12H24N4. The minimum atomic E-state index is -0.325. The Morgan fingerprint density at radius 2 is 1.88 bits per heavy atom. The number of nitrogens with two attached hydrogens (primary N) is 1. The average Bonchev–Trinajstić information content (AvgIpc) is 2.49. The Kier molecular flexibility index (Phi) is 3.43. The molecule has 0 fully saturated rings. The summed E-state index contributed by atoms with van der Waals surface area (Å²) < 4.78 is 2.11. The first-order valence-corrected chi connectivity index (χ1v) is 5.83. The van der Waals surface area contributed by atoms with Gasteiger partial charge in [-0.25, -0.2) is 0 Å². The fraction of sp³-hybridized carbons (Fsp3) is 0.833. The van der Waals surface area contributed by atoms with Crippen LogP contribution in [0, 0.1) is 5.92 Å². The molecular weight excluding hydrogens is 200 g/mol. The quantitative estimate of drug-likeness (QED) is 0.850. The fourth-order valence-electron chi connectivity index (χ4n) is 1.55. The third-order valence-electron chi connectivity index (χ3n) is 3.35. The van der Waals surface area contributed by atoms with Gasteiger partial charge in [0.25, 0.3) is 0 Å². The molecule has 0 aliphatic heterocycles. The molecule has 1 heterocycles. The van der Waals surface area contributed by atoms with Crippen molar-refractivity contribution in [3.05, 3.63) is 12.2 Å². The van der Waals surface area contributed by atoms with E-state index in [1.807, 2.05) is 13.8 Å². The van der Waals surface area contributed by atoms with Crippen molar-refractivity contribution in [3.8, 4) is 0 Å². The molecule has 0 amide bonds. The first kappa shape index (κ1) is 13.2. The van der Waals surface area contributed by atoms with Crippen LogP contribution < -0.4 is 5.73 Å². The molecule has 16 heavy (non-hydrogen) atoms. The van der Waals surface area contributed by atoms with E-state index >= 15 is 0 Å². The highest BCUT2D eigenvalue weighted by molar-refractivity contribution is 5.13. The van der Waals surface area contributed by atoms with Gasteiger partial charge in [0.2, 0.25) is 0 Å². The average molecular weight is 224 g/mol. The summed E-state index contributed by atoms with van der Waals surface area (Å²) in [5.41, 5.74) is 5.70. The summed E-state index contributed by atoms with van der Waals surface area (Å²) in [5, 5.41) is 8.25. The summed E-state index contributed by atoms with van der Waals surface area (Å²) in [4.78, 5) is 0. The Morgan fingerprint density at radius 1 is 1.31 bits per heavy atom. The normalized spacial score (nSPS) is 13.5. The molecule has 0 aliphatic rings. The van der Waals surface area contributed by atoms with Crippen LogP contribution in [0.5, 0.6) is 0 Å². The molecule has 4 heteroatoms. The minimum Gasteiger partial charge on any atom is -0.325 e. The number of nitrogens with zero attached hydrogens (tertiary/aromatic N) is 3. The second-order valence-corrected chi connectivity index (χ2v) is 6.05. The van der Waals surface area contributed by atoms with Crippen molar-refractivity contribution in [2.45, 2.75) is 59.0 Å². The molecule has 1 aromatic heterocycles. The van der Waals surface area contributed by atoms with Crippen molar-refractivity contribution in [1.29, 1.82) is 0 Å². The molecule has 0 aliphatic carbocycles. The van der Waals surface area contributed by atoms with E-state index < -0.39 is 0 Å². The highest BCUT2D eigenvalue weighted by Crippen LogP contribution is 2.31. The van der Waals surface area contributed by atoms with E-state index in [2.05, 4.69) is 42.5 Å². The van der Waals surface area contributed by atoms with Crippen LogP contribution >= 0.6 is 0 Å². The highest BCUT2D eigenvalue weighted by atomic mass is 15.3. The van der Waals surface area contributed by atoms with E-state index in [0.717, 1.165) is 12.4 Å². The molecule has 0 radical (unpaired) electrons. The van der Waals surface area contributed by atoms with Crippen molar-refractivity contribution in [3.63, 3.8) is 0 Å². The maximum atomic E-state index is 6.22. The number of rotatable bonds is 4. The van der Waals surface area contributed by atoms with Gasteiger partial charge in [-0.05, 0) is 19.8 Å². The van der Waals surface area contributed by atoms with E-state index in [1.165, 1.54) is 0 Å². The van der Waals surface area contributed by atoms with E-state index in [0.29, 0.717) is 5.92 Å². The number of aromatic nitrogens is 3. The molecule has 4 nitrogen and oxygen atoms in total.